The van der Waals surface area contributed by atoms with Crippen molar-refractivity contribution in [1.82, 2.24) is 14.9 Å². The Hall–Kier alpha value is -2.49. The van der Waals surface area contributed by atoms with Crippen molar-refractivity contribution in [2.45, 2.75) is 73.3 Å². The molecule has 1 unspecified atom stereocenters. The molecule has 1 aromatic heterocycles. The summed E-state index contributed by atoms with van der Waals surface area (Å²) in [5.74, 6) is 1.80. The van der Waals surface area contributed by atoms with Crippen LogP contribution in [0.2, 0.25) is 0 Å². The molecule has 0 spiro atoms. The average Bonchev–Trinajstić information content (AvgIpc) is 2.92. The molecular weight excluding hydrogens is 568 g/mol. The van der Waals surface area contributed by atoms with Gasteiger partial charge in [-0.3, -0.25) is 4.72 Å². The highest BCUT2D eigenvalue weighted by molar-refractivity contribution is 7.92. The number of allylic oxidation sites excluding steroid dienone is 1. The minimum absolute atomic E-state index is 0. The number of hydrogen-bond acceptors (Lipinski definition) is 7. The third-order valence-corrected chi connectivity index (χ3v) is 7.17. The molecule has 1 aromatic carbocycles. The molecule has 0 amide bonds. The van der Waals surface area contributed by atoms with E-state index in [-0.39, 0.29) is 37.0 Å². The lowest BCUT2D eigenvalue weighted by atomic mass is 9.89. The molecule has 224 valence electrons. The summed E-state index contributed by atoms with van der Waals surface area (Å²) in [4.78, 5) is 0. The molecular formula is C25H38BF3N4O5S2. The first-order chi connectivity index (χ1) is 17.6. The number of aromatic nitrogens is 2. The number of rotatable bonds is 6. The molecule has 1 saturated heterocycles. The first-order valence-corrected chi connectivity index (χ1v) is 15.2. The summed E-state index contributed by atoms with van der Waals surface area (Å²) in [5.41, 5.74) is 0.848. The topological polar surface area (TPSA) is 120 Å². The summed E-state index contributed by atoms with van der Waals surface area (Å²) in [7, 11) is -5.21. The van der Waals surface area contributed by atoms with Crippen LogP contribution in [0.4, 0.5) is 18.9 Å². The maximum Gasteiger partial charge on any atom is 0.488 e. The highest BCUT2D eigenvalue weighted by Gasteiger charge is 2.50. The molecule has 0 radical (unpaired) electrons. The van der Waals surface area contributed by atoms with Gasteiger partial charge >= 0.3 is 13.3 Å². The maximum absolute atomic E-state index is 12.9. The summed E-state index contributed by atoms with van der Waals surface area (Å²) < 4.78 is 88.9. The van der Waals surface area contributed by atoms with Crippen LogP contribution in [0.1, 0.15) is 58.9 Å². The fourth-order valence-electron chi connectivity index (χ4n) is 3.52. The first kappa shape index (κ1) is 35.5. The molecule has 40 heavy (non-hydrogen) atoms. The van der Waals surface area contributed by atoms with E-state index in [1.165, 1.54) is 6.07 Å². The standard InChI is InChI=1S/C14H14F3N3O2S.C10H20BNO3S.CH4/c1-8-6-9(2)18-19-13(8)11-5-4-10(14(15,16)17)7-12(11)20-23(3,21)22;1-8(12-16(6)13)7-11-14-9(2,3)10(4,5)15-11;/h4-7,20H,1-3H3;7,12H,1-6H3;1H4/b;8-7-;. The second-order valence-electron chi connectivity index (χ2n) is 10.2. The zero-order valence-corrected chi connectivity index (χ0v) is 25.0. The first-order valence-electron chi connectivity index (χ1n) is 11.8. The van der Waals surface area contributed by atoms with Crippen LogP contribution in [0.15, 0.2) is 35.9 Å². The predicted molar refractivity (Wildman–Crippen MR) is 154 cm³/mol. The summed E-state index contributed by atoms with van der Waals surface area (Å²) in [6, 6.07) is 4.52. The molecule has 9 nitrogen and oxygen atoms in total. The Bertz CT molecular complexity index is 1350. The van der Waals surface area contributed by atoms with Gasteiger partial charge in [0.15, 0.2) is 0 Å². The van der Waals surface area contributed by atoms with Gasteiger partial charge in [0.05, 0.1) is 40.1 Å². The molecule has 2 heterocycles. The van der Waals surface area contributed by atoms with E-state index in [9.17, 15) is 25.8 Å². The minimum atomic E-state index is -4.58. The molecule has 0 aliphatic carbocycles. The molecule has 2 aromatic rings. The summed E-state index contributed by atoms with van der Waals surface area (Å²) in [6.45, 7) is 13.3. The zero-order valence-electron chi connectivity index (χ0n) is 23.4. The van der Waals surface area contributed by atoms with E-state index in [4.69, 9.17) is 9.31 Å². The second-order valence-corrected chi connectivity index (χ2v) is 13.0. The normalized spacial score (nSPS) is 17.3. The molecule has 3 rings (SSSR count). The van der Waals surface area contributed by atoms with Gasteiger partial charge in [0.2, 0.25) is 10.0 Å². The van der Waals surface area contributed by atoms with Gasteiger partial charge in [0, 0.05) is 17.5 Å². The van der Waals surface area contributed by atoms with E-state index >= 15 is 0 Å². The van der Waals surface area contributed by atoms with E-state index < -0.39 is 32.7 Å². The molecule has 1 atom stereocenters. The van der Waals surface area contributed by atoms with E-state index in [0.29, 0.717) is 17.0 Å². The van der Waals surface area contributed by atoms with Crippen molar-refractivity contribution >= 4 is 33.8 Å². The quantitative estimate of drug-likeness (QED) is 0.435. The smallest absolute Gasteiger partial charge is 0.400 e. The third kappa shape index (κ3) is 9.86. The summed E-state index contributed by atoms with van der Waals surface area (Å²) in [5, 5.41) is 7.84. The van der Waals surface area contributed by atoms with Crippen LogP contribution in [0.3, 0.4) is 0 Å². The number of nitrogens with one attached hydrogen (secondary N) is 2. The molecule has 1 aliphatic rings. The maximum atomic E-state index is 12.9. The number of sulfonamides is 1. The Labute approximate surface area is 238 Å². The predicted octanol–water partition coefficient (Wildman–Crippen LogP) is 5.19. The van der Waals surface area contributed by atoms with Crippen molar-refractivity contribution < 1.29 is 35.1 Å². The van der Waals surface area contributed by atoms with Gasteiger partial charge < -0.3 is 14.0 Å². The van der Waals surface area contributed by atoms with E-state index in [1.807, 2.05) is 34.6 Å². The lowest BCUT2D eigenvalue weighted by Crippen LogP contribution is -2.41. The largest absolute Gasteiger partial charge is 0.488 e. The van der Waals surface area contributed by atoms with Crippen molar-refractivity contribution in [2.75, 3.05) is 17.2 Å². The lowest BCUT2D eigenvalue weighted by Gasteiger charge is -2.32. The molecule has 1 fully saturated rings. The van der Waals surface area contributed by atoms with Gasteiger partial charge in [-0.1, -0.05) is 13.5 Å². The average molecular weight is 607 g/mol. The van der Waals surface area contributed by atoms with Crippen molar-refractivity contribution in [3.63, 3.8) is 0 Å². The highest BCUT2D eigenvalue weighted by Crippen LogP contribution is 2.38. The van der Waals surface area contributed by atoms with Gasteiger partial charge in [-0.2, -0.15) is 18.3 Å². The number of hydrogen-bond donors (Lipinski definition) is 2. The number of halogens is 3. The number of anilines is 1. The van der Waals surface area contributed by atoms with Crippen LogP contribution in [-0.2, 0) is 36.5 Å². The number of benzene rings is 1. The van der Waals surface area contributed by atoms with Crippen LogP contribution in [0.25, 0.3) is 11.3 Å². The van der Waals surface area contributed by atoms with Crippen molar-refractivity contribution in [3.05, 3.63) is 52.8 Å². The summed E-state index contributed by atoms with van der Waals surface area (Å²) >= 11 is 0. The van der Waals surface area contributed by atoms with Crippen molar-refractivity contribution in [3.8, 4) is 11.3 Å². The van der Waals surface area contributed by atoms with Gasteiger partial charge in [0.1, 0.15) is 11.0 Å². The molecule has 0 saturated carbocycles. The molecule has 15 heteroatoms. The fraction of sp³-hybridized carbons (Fsp3) is 0.520. The fourth-order valence-corrected chi connectivity index (χ4v) is 4.61. The van der Waals surface area contributed by atoms with Crippen molar-refractivity contribution in [1.29, 1.82) is 0 Å². The van der Waals surface area contributed by atoms with Crippen LogP contribution in [0, 0.1) is 13.8 Å². The Balaban J connectivity index is 0.000000416. The number of nitrogens with zero attached hydrogens (tertiary/aromatic N) is 2. The van der Waals surface area contributed by atoms with Crippen LogP contribution < -0.4 is 9.44 Å². The minimum Gasteiger partial charge on any atom is -0.400 e. The van der Waals surface area contributed by atoms with Crippen LogP contribution >= 0.6 is 0 Å². The van der Waals surface area contributed by atoms with Gasteiger partial charge in [-0.25, -0.2) is 12.6 Å². The Kier molecular flexibility index (Phi) is 11.6. The third-order valence-electron chi connectivity index (χ3n) is 5.97. The molecule has 0 bridgehead atoms. The molecule has 1 aliphatic heterocycles. The lowest BCUT2D eigenvalue weighted by molar-refractivity contribution is -0.137. The van der Waals surface area contributed by atoms with Gasteiger partial charge in [-0.15, -0.1) is 5.10 Å². The second kappa shape index (κ2) is 13.0. The van der Waals surface area contributed by atoms with Gasteiger partial charge in [0.25, 0.3) is 0 Å². The molecule has 2 N–H and O–H groups in total. The number of alkyl halides is 3. The van der Waals surface area contributed by atoms with E-state index in [0.717, 1.165) is 24.1 Å². The monoisotopic (exact) mass is 606 g/mol. The Morgan fingerprint density at radius 2 is 1.62 bits per heavy atom. The SMILES string of the molecule is C.C/C(=C/B1OC(C)(C)C(C)(C)O1)NS(C)=O.Cc1cc(C)c(-c2ccc(C(F)(F)F)cc2NS(C)(=O)=O)nn1. The van der Waals surface area contributed by atoms with Gasteiger partial charge in [-0.05, 0) is 78.2 Å². The Morgan fingerprint density at radius 3 is 2.08 bits per heavy atom. The zero-order chi connectivity index (χ0) is 30.0. The van der Waals surface area contributed by atoms with Crippen molar-refractivity contribution in [2.24, 2.45) is 0 Å². The van der Waals surface area contributed by atoms with Crippen LogP contribution in [-0.4, -0.2) is 53.7 Å². The van der Waals surface area contributed by atoms with E-state index in [2.05, 4.69) is 19.6 Å². The summed E-state index contributed by atoms with van der Waals surface area (Å²) in [6.07, 6.45) is -2.13. The highest BCUT2D eigenvalue weighted by atomic mass is 32.2. The number of aryl methyl sites for hydroxylation is 2. The van der Waals surface area contributed by atoms with Crippen LogP contribution in [0.5, 0.6) is 0 Å². The van der Waals surface area contributed by atoms with E-state index in [1.54, 1.807) is 32.1 Å². The Morgan fingerprint density at radius 1 is 1.07 bits per heavy atom.